The summed E-state index contributed by atoms with van der Waals surface area (Å²) >= 11 is 0. The zero-order valence-corrected chi connectivity index (χ0v) is 18.1. The Morgan fingerprint density at radius 2 is 2.19 bits per heavy atom. The third-order valence-corrected chi connectivity index (χ3v) is 4.57. The SMILES string of the molecule is CCNC(=NCCc1cc2ccccc2o1)N1CCC(COCC)C1.I. The van der Waals surface area contributed by atoms with E-state index in [2.05, 4.69) is 36.2 Å². The van der Waals surface area contributed by atoms with E-state index in [1.54, 1.807) is 0 Å². The van der Waals surface area contributed by atoms with Gasteiger partial charge in [-0.1, -0.05) is 18.2 Å². The molecule has 3 rings (SSSR count). The number of rotatable bonds is 7. The number of hydrogen-bond donors (Lipinski definition) is 1. The first kappa shape index (κ1) is 21.0. The lowest BCUT2D eigenvalue weighted by Crippen LogP contribution is -2.40. The van der Waals surface area contributed by atoms with Crippen LogP contribution in [0.4, 0.5) is 0 Å². The summed E-state index contributed by atoms with van der Waals surface area (Å²) in [5.74, 6) is 2.62. The number of halogens is 1. The highest BCUT2D eigenvalue weighted by Crippen LogP contribution is 2.19. The Morgan fingerprint density at radius 3 is 2.96 bits per heavy atom. The number of nitrogens with zero attached hydrogens (tertiary/aromatic N) is 2. The molecule has 144 valence electrons. The second-order valence-electron chi connectivity index (χ2n) is 6.50. The number of hydrogen-bond acceptors (Lipinski definition) is 3. The number of para-hydroxylation sites is 1. The van der Waals surface area contributed by atoms with Gasteiger partial charge in [0.15, 0.2) is 5.96 Å². The van der Waals surface area contributed by atoms with Crippen LogP contribution in [0.2, 0.25) is 0 Å². The van der Waals surface area contributed by atoms with Crippen LogP contribution in [0.1, 0.15) is 26.0 Å². The lowest BCUT2D eigenvalue weighted by Gasteiger charge is -2.21. The monoisotopic (exact) mass is 471 g/mol. The fraction of sp³-hybridized carbons (Fsp3) is 0.550. The first-order valence-corrected chi connectivity index (χ1v) is 9.38. The highest BCUT2D eigenvalue weighted by Gasteiger charge is 2.24. The van der Waals surface area contributed by atoms with Crippen LogP contribution < -0.4 is 5.32 Å². The Labute approximate surface area is 173 Å². The van der Waals surface area contributed by atoms with Crippen LogP contribution in [0, 0.1) is 5.92 Å². The largest absolute Gasteiger partial charge is 0.461 e. The molecule has 5 nitrogen and oxygen atoms in total. The summed E-state index contributed by atoms with van der Waals surface area (Å²) < 4.78 is 11.5. The summed E-state index contributed by atoms with van der Waals surface area (Å²) in [7, 11) is 0. The molecule has 1 N–H and O–H groups in total. The summed E-state index contributed by atoms with van der Waals surface area (Å²) in [5.41, 5.74) is 0.951. The fourth-order valence-corrected chi connectivity index (χ4v) is 3.30. The lowest BCUT2D eigenvalue weighted by atomic mass is 10.1. The molecule has 1 atom stereocenters. The molecule has 1 aromatic heterocycles. The third kappa shape index (κ3) is 5.61. The van der Waals surface area contributed by atoms with Gasteiger partial charge in [0.1, 0.15) is 11.3 Å². The normalized spacial score (nSPS) is 17.5. The summed E-state index contributed by atoms with van der Waals surface area (Å²) in [6, 6.07) is 10.2. The van der Waals surface area contributed by atoms with Gasteiger partial charge in [0, 0.05) is 50.5 Å². The molecule has 2 aromatic rings. The summed E-state index contributed by atoms with van der Waals surface area (Å²) in [6.07, 6.45) is 1.99. The van der Waals surface area contributed by atoms with Crippen molar-refractivity contribution in [2.75, 3.05) is 39.4 Å². The smallest absolute Gasteiger partial charge is 0.193 e. The van der Waals surface area contributed by atoms with E-state index < -0.39 is 0 Å². The lowest BCUT2D eigenvalue weighted by molar-refractivity contribution is 0.114. The number of furan rings is 1. The molecule has 1 aliphatic rings. The van der Waals surface area contributed by atoms with Crippen LogP contribution in [0.25, 0.3) is 11.0 Å². The Kier molecular flexibility index (Phi) is 8.71. The molecule has 26 heavy (non-hydrogen) atoms. The van der Waals surface area contributed by atoms with Gasteiger partial charge in [-0.15, -0.1) is 24.0 Å². The van der Waals surface area contributed by atoms with Crippen LogP contribution in [-0.4, -0.2) is 50.3 Å². The summed E-state index contributed by atoms with van der Waals surface area (Å²) in [6.45, 7) is 9.50. The molecule has 1 unspecified atom stereocenters. The van der Waals surface area contributed by atoms with Gasteiger partial charge >= 0.3 is 0 Å². The number of ether oxygens (including phenoxy) is 1. The fourth-order valence-electron chi connectivity index (χ4n) is 3.30. The average Bonchev–Trinajstić information content (AvgIpc) is 3.25. The second-order valence-corrected chi connectivity index (χ2v) is 6.50. The Hall–Kier alpha value is -1.28. The van der Waals surface area contributed by atoms with Gasteiger partial charge in [-0.2, -0.15) is 0 Å². The van der Waals surface area contributed by atoms with Crippen molar-refractivity contribution in [2.24, 2.45) is 10.9 Å². The number of guanidine groups is 1. The zero-order valence-electron chi connectivity index (χ0n) is 15.7. The molecule has 1 aliphatic heterocycles. The number of fused-ring (bicyclic) bond motifs is 1. The maximum atomic E-state index is 5.88. The van der Waals surface area contributed by atoms with Gasteiger partial charge in [0.2, 0.25) is 0 Å². The van der Waals surface area contributed by atoms with E-state index in [1.165, 1.54) is 6.42 Å². The van der Waals surface area contributed by atoms with E-state index in [0.29, 0.717) is 5.92 Å². The zero-order chi connectivity index (χ0) is 17.5. The minimum Gasteiger partial charge on any atom is -0.461 e. The number of aliphatic imine (C=N–C) groups is 1. The second kappa shape index (κ2) is 10.8. The predicted octanol–water partition coefficient (Wildman–Crippen LogP) is 3.92. The van der Waals surface area contributed by atoms with Crippen LogP contribution in [0.15, 0.2) is 39.7 Å². The van der Waals surface area contributed by atoms with Gasteiger partial charge in [0.05, 0.1) is 6.61 Å². The maximum absolute atomic E-state index is 5.88. The van der Waals surface area contributed by atoms with Crippen molar-refractivity contribution < 1.29 is 9.15 Å². The Morgan fingerprint density at radius 1 is 1.35 bits per heavy atom. The number of nitrogens with one attached hydrogen (secondary N) is 1. The van der Waals surface area contributed by atoms with Crippen molar-refractivity contribution in [2.45, 2.75) is 26.7 Å². The van der Waals surface area contributed by atoms with E-state index in [1.807, 2.05) is 18.2 Å². The van der Waals surface area contributed by atoms with Crippen molar-refractivity contribution in [1.29, 1.82) is 0 Å². The molecule has 1 aromatic carbocycles. The van der Waals surface area contributed by atoms with E-state index in [-0.39, 0.29) is 24.0 Å². The molecular formula is C20H30IN3O2. The molecule has 0 amide bonds. The van der Waals surface area contributed by atoms with Crippen LogP contribution in [-0.2, 0) is 11.2 Å². The molecule has 0 bridgehead atoms. The third-order valence-electron chi connectivity index (χ3n) is 4.57. The number of likely N-dealkylation sites (tertiary alicyclic amines) is 1. The Bertz CT molecular complexity index is 668. The minimum absolute atomic E-state index is 0. The molecule has 1 saturated heterocycles. The van der Waals surface area contributed by atoms with Crippen molar-refractivity contribution in [1.82, 2.24) is 10.2 Å². The van der Waals surface area contributed by atoms with Crippen LogP contribution >= 0.6 is 24.0 Å². The molecule has 6 heteroatoms. The minimum atomic E-state index is 0. The highest BCUT2D eigenvalue weighted by atomic mass is 127. The molecular weight excluding hydrogens is 441 g/mol. The molecule has 1 fully saturated rings. The van der Waals surface area contributed by atoms with Crippen molar-refractivity contribution in [3.8, 4) is 0 Å². The van der Waals surface area contributed by atoms with Gasteiger partial charge in [-0.25, -0.2) is 0 Å². The average molecular weight is 471 g/mol. The van der Waals surface area contributed by atoms with Crippen molar-refractivity contribution in [3.63, 3.8) is 0 Å². The first-order chi connectivity index (χ1) is 12.3. The van der Waals surface area contributed by atoms with Gasteiger partial charge < -0.3 is 19.4 Å². The van der Waals surface area contributed by atoms with Crippen molar-refractivity contribution in [3.05, 3.63) is 36.1 Å². The molecule has 2 heterocycles. The van der Waals surface area contributed by atoms with E-state index in [9.17, 15) is 0 Å². The highest BCUT2D eigenvalue weighted by molar-refractivity contribution is 14.0. The van der Waals surface area contributed by atoms with Crippen molar-refractivity contribution >= 4 is 40.9 Å². The summed E-state index contributed by atoms with van der Waals surface area (Å²) in [5, 5.41) is 4.58. The molecule has 0 radical (unpaired) electrons. The van der Waals surface area contributed by atoms with Gasteiger partial charge in [-0.3, -0.25) is 4.99 Å². The molecule has 0 aliphatic carbocycles. The van der Waals surface area contributed by atoms with E-state index in [4.69, 9.17) is 14.1 Å². The van der Waals surface area contributed by atoms with Gasteiger partial charge in [0.25, 0.3) is 0 Å². The standard InChI is InChI=1S/C20H29N3O2.HI/c1-3-21-20(23-12-10-16(14-23)15-24-4-2)22-11-9-18-13-17-7-5-6-8-19(17)25-18;/h5-8,13,16H,3-4,9-12,14-15H2,1-2H3,(H,21,22);1H. The topological polar surface area (TPSA) is 50.0 Å². The summed E-state index contributed by atoms with van der Waals surface area (Å²) in [4.78, 5) is 7.16. The van der Waals surface area contributed by atoms with Crippen LogP contribution in [0.5, 0.6) is 0 Å². The quantitative estimate of drug-likeness (QED) is 0.378. The molecule has 0 spiro atoms. The predicted molar refractivity (Wildman–Crippen MR) is 117 cm³/mol. The Balaban J connectivity index is 0.00000243. The van der Waals surface area contributed by atoms with Crippen LogP contribution in [0.3, 0.4) is 0 Å². The van der Waals surface area contributed by atoms with Gasteiger partial charge in [-0.05, 0) is 32.4 Å². The maximum Gasteiger partial charge on any atom is 0.193 e. The first-order valence-electron chi connectivity index (χ1n) is 9.38. The molecule has 0 saturated carbocycles. The number of benzene rings is 1. The van der Waals surface area contributed by atoms with E-state index >= 15 is 0 Å². The van der Waals surface area contributed by atoms with E-state index in [0.717, 1.165) is 68.5 Å².